The van der Waals surface area contributed by atoms with E-state index in [0.717, 1.165) is 25.4 Å². The monoisotopic (exact) mass is 403 g/mol. The van der Waals surface area contributed by atoms with Crippen LogP contribution >= 0.6 is 11.3 Å². The first-order chi connectivity index (χ1) is 13.4. The molecule has 1 spiro atoms. The van der Waals surface area contributed by atoms with Crippen molar-refractivity contribution in [2.75, 3.05) is 47.3 Å². The van der Waals surface area contributed by atoms with E-state index >= 15 is 0 Å². The van der Waals surface area contributed by atoms with E-state index in [1.165, 1.54) is 62.9 Å². The molecule has 4 rings (SSSR count). The second-order valence-electron chi connectivity index (χ2n) is 9.93. The molecule has 0 aromatic carbocycles. The first-order valence-corrected chi connectivity index (χ1v) is 12.0. The summed E-state index contributed by atoms with van der Waals surface area (Å²) in [4.78, 5) is 21.4. The number of amides is 1. The highest BCUT2D eigenvalue weighted by atomic mass is 32.1. The zero-order valence-electron chi connectivity index (χ0n) is 18.0. The molecule has 1 aliphatic carbocycles. The number of carbonyl (C=O) groups excluding carboxylic acids is 1. The molecule has 3 heterocycles. The highest BCUT2D eigenvalue weighted by Crippen LogP contribution is 2.52. The third-order valence-corrected chi connectivity index (χ3v) is 9.09. The number of rotatable bonds is 5. The van der Waals surface area contributed by atoms with Crippen LogP contribution < -0.4 is 0 Å². The van der Waals surface area contributed by atoms with E-state index in [9.17, 15) is 4.79 Å². The summed E-state index contributed by atoms with van der Waals surface area (Å²) in [5, 5.41) is 2.20. The van der Waals surface area contributed by atoms with E-state index in [4.69, 9.17) is 0 Å². The first kappa shape index (κ1) is 20.4. The Hall–Kier alpha value is -0.910. The number of hydrogen-bond donors (Lipinski definition) is 0. The molecule has 0 radical (unpaired) electrons. The van der Waals surface area contributed by atoms with Crippen molar-refractivity contribution in [2.45, 2.75) is 56.9 Å². The fourth-order valence-corrected chi connectivity index (χ4v) is 6.93. The van der Waals surface area contributed by atoms with Gasteiger partial charge in [-0.25, -0.2) is 0 Å². The summed E-state index contributed by atoms with van der Waals surface area (Å²) in [6.45, 7) is 4.43. The van der Waals surface area contributed by atoms with Crippen molar-refractivity contribution in [2.24, 2.45) is 11.3 Å². The normalized spacial score (nSPS) is 32.7. The van der Waals surface area contributed by atoms with Crippen molar-refractivity contribution < 1.29 is 4.79 Å². The van der Waals surface area contributed by atoms with Crippen LogP contribution in [0.25, 0.3) is 0 Å². The van der Waals surface area contributed by atoms with Crippen molar-refractivity contribution in [3.05, 3.63) is 22.4 Å². The van der Waals surface area contributed by atoms with Crippen LogP contribution in [-0.4, -0.2) is 67.9 Å². The van der Waals surface area contributed by atoms with Gasteiger partial charge in [-0.05, 0) is 102 Å². The topological polar surface area (TPSA) is 26.8 Å². The van der Waals surface area contributed by atoms with E-state index < -0.39 is 0 Å². The van der Waals surface area contributed by atoms with Crippen LogP contribution in [0.15, 0.2) is 17.5 Å². The molecule has 0 unspecified atom stereocenters. The largest absolute Gasteiger partial charge is 0.342 e. The van der Waals surface area contributed by atoms with Crippen LogP contribution in [0.3, 0.4) is 0 Å². The van der Waals surface area contributed by atoms with Gasteiger partial charge in [-0.2, -0.15) is 0 Å². The van der Waals surface area contributed by atoms with E-state index in [1.807, 2.05) is 11.3 Å². The molecule has 0 atom stereocenters. The van der Waals surface area contributed by atoms with E-state index in [-0.39, 0.29) is 11.0 Å². The van der Waals surface area contributed by atoms with Gasteiger partial charge in [0.25, 0.3) is 0 Å². The molecule has 2 aliphatic heterocycles. The molecule has 0 bridgehead atoms. The minimum atomic E-state index is 0.171. The lowest BCUT2D eigenvalue weighted by molar-refractivity contribution is -0.128. The number of nitrogens with zero attached hydrogens (tertiary/aromatic N) is 3. The van der Waals surface area contributed by atoms with Gasteiger partial charge in [0.05, 0.1) is 5.54 Å². The Morgan fingerprint density at radius 3 is 2.50 bits per heavy atom. The van der Waals surface area contributed by atoms with Crippen molar-refractivity contribution in [1.82, 2.24) is 14.7 Å². The fraction of sp³-hybridized carbons (Fsp3) is 0.783. The van der Waals surface area contributed by atoms with Gasteiger partial charge in [-0.1, -0.05) is 6.07 Å². The molecule has 1 saturated carbocycles. The first-order valence-electron chi connectivity index (χ1n) is 11.1. The highest BCUT2D eigenvalue weighted by Gasteiger charge is 2.50. The molecule has 4 nitrogen and oxygen atoms in total. The zero-order chi connectivity index (χ0) is 19.8. The van der Waals surface area contributed by atoms with Gasteiger partial charge in [-0.3, -0.25) is 9.69 Å². The summed E-state index contributed by atoms with van der Waals surface area (Å²) >= 11 is 1.89. The van der Waals surface area contributed by atoms with Gasteiger partial charge in [0, 0.05) is 24.4 Å². The Balaban J connectivity index is 1.35. The summed E-state index contributed by atoms with van der Waals surface area (Å²) in [5.41, 5.74) is 0.407. The summed E-state index contributed by atoms with van der Waals surface area (Å²) in [6.07, 6.45) is 9.30. The highest BCUT2D eigenvalue weighted by molar-refractivity contribution is 7.10. The molecule has 1 aromatic heterocycles. The average molecular weight is 404 g/mol. The maximum atomic E-state index is 12.8. The summed E-state index contributed by atoms with van der Waals surface area (Å²) in [7, 11) is 6.67. The zero-order valence-corrected chi connectivity index (χ0v) is 18.8. The number of hydrogen-bond acceptors (Lipinski definition) is 4. The molecule has 1 aromatic rings. The molecule has 28 heavy (non-hydrogen) atoms. The molecule has 156 valence electrons. The second-order valence-corrected chi connectivity index (χ2v) is 10.9. The second kappa shape index (κ2) is 8.08. The summed E-state index contributed by atoms with van der Waals surface area (Å²) in [5.74, 6) is 1.23. The Kier molecular flexibility index (Phi) is 5.88. The number of piperidine rings is 1. The number of carbonyl (C=O) groups is 1. The Morgan fingerprint density at radius 2 is 1.89 bits per heavy atom. The lowest BCUT2D eigenvalue weighted by Gasteiger charge is -2.48. The lowest BCUT2D eigenvalue weighted by Crippen LogP contribution is -2.47. The standard InChI is InChI=1S/C23H37N3OS/c1-24(2)23(20-5-4-16-28-20)11-9-22(10-12-23)17-21(27)26(18-22)15-8-19-6-13-25(3)14-7-19/h4-5,16,19H,6-15,17-18H2,1-3H3. The maximum absolute atomic E-state index is 12.8. The van der Waals surface area contributed by atoms with Crippen LogP contribution in [0.4, 0.5) is 0 Å². The fourth-order valence-electron chi connectivity index (χ4n) is 5.86. The minimum Gasteiger partial charge on any atom is -0.342 e. The molecule has 3 aliphatic rings. The average Bonchev–Trinajstić information content (AvgIpc) is 3.31. The quantitative estimate of drug-likeness (QED) is 0.743. The van der Waals surface area contributed by atoms with Crippen molar-refractivity contribution in [3.63, 3.8) is 0 Å². The van der Waals surface area contributed by atoms with Crippen molar-refractivity contribution >= 4 is 17.2 Å². The van der Waals surface area contributed by atoms with Gasteiger partial charge in [0.1, 0.15) is 0 Å². The van der Waals surface area contributed by atoms with Crippen LogP contribution in [0.2, 0.25) is 0 Å². The van der Waals surface area contributed by atoms with Crippen LogP contribution in [-0.2, 0) is 10.3 Å². The SMILES string of the molecule is CN1CCC(CCN2CC3(CCC(c4cccs4)(N(C)C)CC3)CC2=O)CC1. The predicted octanol–water partition coefficient (Wildman–Crippen LogP) is 4.03. The van der Waals surface area contributed by atoms with Crippen LogP contribution in [0.5, 0.6) is 0 Å². The molecule has 1 amide bonds. The Bertz CT molecular complexity index is 655. The maximum Gasteiger partial charge on any atom is 0.223 e. The molecule has 0 N–H and O–H groups in total. The van der Waals surface area contributed by atoms with E-state index in [1.54, 1.807) is 0 Å². The van der Waals surface area contributed by atoms with E-state index in [0.29, 0.717) is 5.91 Å². The third kappa shape index (κ3) is 3.90. The number of likely N-dealkylation sites (tertiary alicyclic amines) is 2. The van der Waals surface area contributed by atoms with E-state index in [2.05, 4.69) is 53.4 Å². The molecular formula is C23H37N3OS. The minimum absolute atomic E-state index is 0.171. The predicted molar refractivity (Wildman–Crippen MR) is 117 cm³/mol. The van der Waals surface area contributed by atoms with Gasteiger partial charge in [-0.15, -0.1) is 11.3 Å². The van der Waals surface area contributed by atoms with Gasteiger partial charge < -0.3 is 9.80 Å². The van der Waals surface area contributed by atoms with Crippen LogP contribution in [0, 0.1) is 11.3 Å². The van der Waals surface area contributed by atoms with Gasteiger partial charge in [0.15, 0.2) is 0 Å². The van der Waals surface area contributed by atoms with Crippen molar-refractivity contribution in [1.29, 1.82) is 0 Å². The van der Waals surface area contributed by atoms with Gasteiger partial charge >= 0.3 is 0 Å². The Morgan fingerprint density at radius 1 is 1.18 bits per heavy atom. The molecular weight excluding hydrogens is 366 g/mol. The molecule has 5 heteroatoms. The third-order valence-electron chi connectivity index (χ3n) is 8.02. The van der Waals surface area contributed by atoms with Gasteiger partial charge in [0.2, 0.25) is 5.91 Å². The van der Waals surface area contributed by atoms with Crippen LogP contribution in [0.1, 0.15) is 56.2 Å². The summed E-state index contributed by atoms with van der Waals surface area (Å²) < 4.78 is 0. The lowest BCUT2D eigenvalue weighted by atomic mass is 9.66. The summed E-state index contributed by atoms with van der Waals surface area (Å²) in [6, 6.07) is 4.48. The number of thiophene rings is 1. The smallest absolute Gasteiger partial charge is 0.223 e. The van der Waals surface area contributed by atoms with Crippen molar-refractivity contribution in [3.8, 4) is 0 Å². The Labute approximate surface area is 174 Å². The molecule has 2 saturated heterocycles. The molecule has 3 fully saturated rings.